The van der Waals surface area contributed by atoms with Crippen LogP contribution in [0.3, 0.4) is 0 Å². The van der Waals surface area contributed by atoms with Crippen molar-refractivity contribution in [1.82, 2.24) is 9.88 Å². The molecular weight excluding hydrogens is 294 g/mol. The van der Waals surface area contributed by atoms with Crippen LogP contribution in [0.15, 0.2) is 30.5 Å². The Labute approximate surface area is 128 Å². The van der Waals surface area contributed by atoms with Gasteiger partial charge >= 0.3 is 5.97 Å². The number of amides is 1. The van der Waals surface area contributed by atoms with Crippen molar-refractivity contribution in [2.45, 2.75) is 12.5 Å². The maximum atomic E-state index is 11.6. The zero-order valence-electron chi connectivity index (χ0n) is 11.6. The molecule has 1 heterocycles. The summed E-state index contributed by atoms with van der Waals surface area (Å²) in [6.07, 6.45) is 2.02. The standard InChI is InChI=1S/C14H17N3O3.ClH/c1-17(13(18)7-15)12(14(19)20)6-9-8-16-11-5-3-2-4-10(9)11;/h2-5,8,12,16H,6-7,15H2,1H3,(H,19,20);1H/t12-;/m1./s1. The molecular formula is C14H18ClN3O3. The number of aromatic nitrogens is 1. The fourth-order valence-corrected chi connectivity index (χ4v) is 2.22. The minimum absolute atomic E-state index is 0. The van der Waals surface area contributed by atoms with Gasteiger partial charge in [0, 0.05) is 30.6 Å². The molecule has 1 aromatic carbocycles. The van der Waals surface area contributed by atoms with Gasteiger partial charge in [0.25, 0.3) is 0 Å². The van der Waals surface area contributed by atoms with Crippen LogP contribution in [0.2, 0.25) is 0 Å². The lowest BCUT2D eigenvalue weighted by Crippen LogP contribution is -2.46. The summed E-state index contributed by atoms with van der Waals surface area (Å²) in [6, 6.07) is 6.71. The van der Waals surface area contributed by atoms with Gasteiger partial charge in [-0.1, -0.05) is 18.2 Å². The highest BCUT2D eigenvalue weighted by Gasteiger charge is 2.26. The predicted molar refractivity (Wildman–Crippen MR) is 82.5 cm³/mol. The van der Waals surface area contributed by atoms with Gasteiger partial charge in [0.05, 0.1) is 6.54 Å². The minimum atomic E-state index is -1.04. The maximum Gasteiger partial charge on any atom is 0.326 e. The molecule has 0 radical (unpaired) electrons. The minimum Gasteiger partial charge on any atom is -0.480 e. The van der Waals surface area contributed by atoms with E-state index in [1.54, 1.807) is 6.20 Å². The fourth-order valence-electron chi connectivity index (χ4n) is 2.22. The topological polar surface area (TPSA) is 99.4 Å². The summed E-state index contributed by atoms with van der Waals surface area (Å²) in [5, 5.41) is 10.3. The summed E-state index contributed by atoms with van der Waals surface area (Å²) >= 11 is 0. The van der Waals surface area contributed by atoms with Gasteiger partial charge in [-0.2, -0.15) is 0 Å². The van der Waals surface area contributed by atoms with Crippen molar-refractivity contribution >= 4 is 35.2 Å². The molecule has 0 saturated heterocycles. The molecule has 7 heteroatoms. The number of benzene rings is 1. The number of halogens is 1. The first-order chi connectivity index (χ1) is 9.54. The number of nitrogens with one attached hydrogen (secondary N) is 1. The van der Waals surface area contributed by atoms with E-state index in [9.17, 15) is 14.7 Å². The number of likely N-dealkylation sites (N-methyl/N-ethyl adjacent to an activating group) is 1. The second-order valence-corrected chi connectivity index (χ2v) is 4.63. The number of para-hydroxylation sites is 1. The van der Waals surface area contributed by atoms with Crippen LogP contribution in [0.4, 0.5) is 0 Å². The van der Waals surface area contributed by atoms with Crippen LogP contribution in [0.1, 0.15) is 5.56 Å². The van der Waals surface area contributed by atoms with Crippen LogP contribution in [0.5, 0.6) is 0 Å². The molecule has 21 heavy (non-hydrogen) atoms. The Morgan fingerprint density at radius 3 is 2.67 bits per heavy atom. The fraction of sp³-hybridized carbons (Fsp3) is 0.286. The molecule has 0 aliphatic rings. The molecule has 0 aliphatic heterocycles. The highest BCUT2D eigenvalue weighted by molar-refractivity contribution is 5.87. The number of carbonyl (C=O) groups excluding carboxylic acids is 1. The normalized spacial score (nSPS) is 11.7. The van der Waals surface area contributed by atoms with Crippen molar-refractivity contribution in [3.8, 4) is 0 Å². The van der Waals surface area contributed by atoms with Crippen molar-refractivity contribution in [3.63, 3.8) is 0 Å². The first-order valence-electron chi connectivity index (χ1n) is 6.28. The lowest BCUT2D eigenvalue weighted by Gasteiger charge is -2.24. The van der Waals surface area contributed by atoms with Crippen LogP contribution < -0.4 is 5.73 Å². The van der Waals surface area contributed by atoms with E-state index >= 15 is 0 Å². The Balaban J connectivity index is 0.00000220. The van der Waals surface area contributed by atoms with Crippen molar-refractivity contribution in [2.24, 2.45) is 5.73 Å². The van der Waals surface area contributed by atoms with Crippen LogP contribution in [0, 0.1) is 0 Å². The zero-order valence-corrected chi connectivity index (χ0v) is 12.4. The summed E-state index contributed by atoms with van der Waals surface area (Å²) in [5.41, 5.74) is 7.09. The number of carbonyl (C=O) groups is 2. The third-order valence-corrected chi connectivity index (χ3v) is 3.41. The molecule has 0 bridgehead atoms. The molecule has 1 atom stereocenters. The van der Waals surface area contributed by atoms with Gasteiger partial charge in [0.15, 0.2) is 0 Å². The second-order valence-electron chi connectivity index (χ2n) is 4.63. The van der Waals surface area contributed by atoms with Gasteiger partial charge in [0.2, 0.25) is 5.91 Å². The van der Waals surface area contributed by atoms with Crippen molar-refractivity contribution in [2.75, 3.05) is 13.6 Å². The lowest BCUT2D eigenvalue weighted by molar-refractivity contribution is -0.148. The van der Waals surface area contributed by atoms with E-state index in [2.05, 4.69) is 4.98 Å². The van der Waals surface area contributed by atoms with Gasteiger partial charge in [-0.25, -0.2) is 4.79 Å². The summed E-state index contributed by atoms with van der Waals surface area (Å²) in [4.78, 5) is 27.2. The molecule has 1 aromatic heterocycles. The van der Waals surface area contributed by atoms with Gasteiger partial charge < -0.3 is 20.7 Å². The molecule has 2 rings (SSSR count). The van der Waals surface area contributed by atoms with E-state index in [-0.39, 0.29) is 25.4 Å². The number of nitrogens with two attached hydrogens (primary N) is 1. The van der Waals surface area contributed by atoms with Crippen molar-refractivity contribution < 1.29 is 14.7 Å². The number of carboxylic acids is 1. The molecule has 1 amide bonds. The van der Waals surface area contributed by atoms with E-state index in [0.717, 1.165) is 16.5 Å². The predicted octanol–water partition coefficient (Wildman–Crippen LogP) is 1.00. The summed E-state index contributed by atoms with van der Waals surface area (Å²) < 4.78 is 0. The highest BCUT2D eigenvalue weighted by Crippen LogP contribution is 2.20. The molecule has 6 nitrogen and oxygen atoms in total. The molecule has 0 aliphatic carbocycles. The van der Waals surface area contributed by atoms with Crippen molar-refractivity contribution in [1.29, 1.82) is 0 Å². The van der Waals surface area contributed by atoms with Crippen LogP contribution in [-0.2, 0) is 16.0 Å². The Hall–Kier alpha value is -2.05. The van der Waals surface area contributed by atoms with Crippen LogP contribution >= 0.6 is 12.4 Å². The number of aromatic amines is 1. The number of hydrogen-bond acceptors (Lipinski definition) is 3. The summed E-state index contributed by atoms with van der Waals surface area (Å²) in [7, 11) is 1.46. The van der Waals surface area contributed by atoms with Gasteiger partial charge in [0.1, 0.15) is 6.04 Å². The molecule has 2 aromatic rings. The number of nitrogens with zero attached hydrogens (tertiary/aromatic N) is 1. The Morgan fingerprint density at radius 1 is 1.38 bits per heavy atom. The first kappa shape index (κ1) is 17.0. The quantitative estimate of drug-likeness (QED) is 0.767. The average molecular weight is 312 g/mol. The largest absolute Gasteiger partial charge is 0.480 e. The molecule has 0 fully saturated rings. The lowest BCUT2D eigenvalue weighted by atomic mass is 10.0. The Morgan fingerprint density at radius 2 is 2.05 bits per heavy atom. The number of carboxylic acid groups (broad SMARTS) is 1. The Bertz CT molecular complexity index is 641. The Kier molecular flexibility index (Phi) is 5.75. The SMILES string of the molecule is CN(C(=O)CN)[C@H](Cc1c[nH]c2ccccc12)C(=O)O.Cl. The third kappa shape index (κ3) is 3.53. The van der Waals surface area contributed by atoms with E-state index in [1.807, 2.05) is 24.3 Å². The van der Waals surface area contributed by atoms with Crippen LogP contribution in [0.25, 0.3) is 10.9 Å². The van der Waals surface area contributed by atoms with Crippen molar-refractivity contribution in [3.05, 3.63) is 36.0 Å². The average Bonchev–Trinajstić information content (AvgIpc) is 2.86. The van der Waals surface area contributed by atoms with Gasteiger partial charge in [-0.15, -0.1) is 12.4 Å². The van der Waals surface area contributed by atoms with E-state index < -0.39 is 17.9 Å². The molecule has 0 unspecified atom stereocenters. The van der Waals surface area contributed by atoms with Gasteiger partial charge in [-0.05, 0) is 11.6 Å². The molecule has 0 spiro atoms. The molecule has 114 valence electrons. The number of rotatable bonds is 5. The van der Waals surface area contributed by atoms with Crippen LogP contribution in [-0.4, -0.2) is 46.5 Å². The first-order valence-corrected chi connectivity index (χ1v) is 6.28. The summed E-state index contributed by atoms with van der Waals surface area (Å²) in [5.74, 6) is -1.43. The number of fused-ring (bicyclic) bond motifs is 1. The highest BCUT2D eigenvalue weighted by atomic mass is 35.5. The van der Waals surface area contributed by atoms with E-state index in [0.29, 0.717) is 0 Å². The monoisotopic (exact) mass is 311 g/mol. The second kappa shape index (κ2) is 7.10. The number of hydrogen-bond donors (Lipinski definition) is 3. The van der Waals surface area contributed by atoms with E-state index in [1.165, 1.54) is 11.9 Å². The van der Waals surface area contributed by atoms with Gasteiger partial charge in [-0.3, -0.25) is 4.79 Å². The number of aliphatic carboxylic acids is 1. The molecule has 4 N–H and O–H groups in total. The smallest absolute Gasteiger partial charge is 0.326 e. The number of H-pyrrole nitrogens is 1. The van der Waals surface area contributed by atoms with E-state index in [4.69, 9.17) is 5.73 Å². The third-order valence-electron chi connectivity index (χ3n) is 3.41. The maximum absolute atomic E-state index is 11.6. The zero-order chi connectivity index (χ0) is 14.7. The summed E-state index contributed by atoms with van der Waals surface area (Å²) in [6.45, 7) is -0.200. The molecule has 0 saturated carbocycles.